The third kappa shape index (κ3) is 1.81. The first-order valence-corrected chi connectivity index (χ1v) is 3.80. The van der Waals surface area contributed by atoms with Crippen molar-refractivity contribution in [2.24, 2.45) is 10.4 Å². The molecule has 1 atom stereocenters. The molecule has 0 aromatic heterocycles. The van der Waals surface area contributed by atoms with Crippen LogP contribution in [-0.2, 0) is 0 Å². The molecule has 2 heteroatoms. The molecule has 1 saturated heterocycles. The van der Waals surface area contributed by atoms with Crippen molar-refractivity contribution < 1.29 is 0 Å². The number of hydrogen-bond donors (Lipinski definition) is 1. The molecule has 1 heterocycles. The standard InChI is InChI=1S/C8H16N2/c1-8(2)4-7(5-9-3)10-6-8/h5,7,10H,4,6H2,1-3H3/t7-/m1/s1. The fraction of sp³-hybridized carbons (Fsp3) is 0.875. The molecule has 0 radical (unpaired) electrons. The molecular formula is C8H16N2. The highest BCUT2D eigenvalue weighted by Gasteiger charge is 2.28. The maximum absolute atomic E-state index is 4.00. The normalized spacial score (nSPS) is 31.7. The zero-order valence-corrected chi connectivity index (χ0v) is 7.02. The van der Waals surface area contributed by atoms with E-state index in [9.17, 15) is 0 Å². The summed E-state index contributed by atoms with van der Waals surface area (Å²) in [6.45, 7) is 5.68. The molecule has 0 aliphatic carbocycles. The number of aliphatic imine (C=N–C) groups is 1. The van der Waals surface area contributed by atoms with Crippen LogP contribution in [0.25, 0.3) is 0 Å². The molecule has 0 unspecified atom stereocenters. The second-order valence-corrected chi connectivity index (χ2v) is 3.76. The van der Waals surface area contributed by atoms with E-state index in [2.05, 4.69) is 24.2 Å². The van der Waals surface area contributed by atoms with Crippen LogP contribution in [0.4, 0.5) is 0 Å². The third-order valence-corrected chi connectivity index (χ3v) is 1.94. The average Bonchev–Trinajstić information content (AvgIpc) is 2.12. The Morgan fingerprint density at radius 1 is 1.60 bits per heavy atom. The van der Waals surface area contributed by atoms with Gasteiger partial charge in [0.15, 0.2) is 0 Å². The van der Waals surface area contributed by atoms with Gasteiger partial charge in [-0.1, -0.05) is 13.8 Å². The second kappa shape index (κ2) is 2.70. The van der Waals surface area contributed by atoms with Crippen molar-refractivity contribution in [1.82, 2.24) is 5.32 Å². The lowest BCUT2D eigenvalue weighted by Gasteiger charge is -2.13. The zero-order chi connectivity index (χ0) is 7.61. The predicted octanol–water partition coefficient (Wildman–Crippen LogP) is 1.08. The molecule has 58 valence electrons. The van der Waals surface area contributed by atoms with Crippen molar-refractivity contribution in [3.8, 4) is 0 Å². The van der Waals surface area contributed by atoms with Gasteiger partial charge in [0, 0.05) is 25.8 Å². The Labute approximate surface area is 62.7 Å². The molecule has 0 amide bonds. The smallest absolute Gasteiger partial charge is 0.0425 e. The van der Waals surface area contributed by atoms with E-state index in [1.807, 2.05) is 13.3 Å². The van der Waals surface area contributed by atoms with Gasteiger partial charge in [-0.05, 0) is 11.8 Å². The van der Waals surface area contributed by atoms with Crippen LogP contribution in [0, 0.1) is 5.41 Å². The minimum Gasteiger partial charge on any atom is -0.309 e. The summed E-state index contributed by atoms with van der Waals surface area (Å²) in [4.78, 5) is 4.00. The van der Waals surface area contributed by atoms with Crippen molar-refractivity contribution in [2.75, 3.05) is 13.6 Å². The predicted molar refractivity (Wildman–Crippen MR) is 44.6 cm³/mol. The monoisotopic (exact) mass is 140 g/mol. The SMILES string of the molecule is CN=C[C@H]1CC(C)(C)CN1. The highest BCUT2D eigenvalue weighted by molar-refractivity contribution is 5.64. The fourth-order valence-corrected chi connectivity index (χ4v) is 1.43. The van der Waals surface area contributed by atoms with Crippen LogP contribution in [0.3, 0.4) is 0 Å². The van der Waals surface area contributed by atoms with Gasteiger partial charge in [-0.15, -0.1) is 0 Å². The van der Waals surface area contributed by atoms with Crippen LogP contribution >= 0.6 is 0 Å². The Kier molecular flexibility index (Phi) is 2.09. The Hall–Kier alpha value is -0.370. The van der Waals surface area contributed by atoms with Crippen molar-refractivity contribution in [3.05, 3.63) is 0 Å². The van der Waals surface area contributed by atoms with Gasteiger partial charge in [0.25, 0.3) is 0 Å². The highest BCUT2D eigenvalue weighted by Crippen LogP contribution is 2.25. The number of nitrogens with zero attached hydrogens (tertiary/aromatic N) is 1. The Bertz CT molecular complexity index is 138. The van der Waals surface area contributed by atoms with Crippen LogP contribution in [0.5, 0.6) is 0 Å². The molecule has 1 aliphatic heterocycles. The second-order valence-electron chi connectivity index (χ2n) is 3.76. The summed E-state index contributed by atoms with van der Waals surface area (Å²) in [5, 5.41) is 3.40. The van der Waals surface area contributed by atoms with E-state index in [-0.39, 0.29) is 0 Å². The van der Waals surface area contributed by atoms with Gasteiger partial charge >= 0.3 is 0 Å². The first-order chi connectivity index (χ1) is 4.64. The van der Waals surface area contributed by atoms with E-state index in [1.54, 1.807) is 0 Å². The maximum Gasteiger partial charge on any atom is 0.0425 e. The lowest BCUT2D eigenvalue weighted by atomic mass is 9.91. The molecule has 0 aromatic rings. The first kappa shape index (κ1) is 7.73. The number of rotatable bonds is 1. The summed E-state index contributed by atoms with van der Waals surface area (Å²) >= 11 is 0. The number of hydrogen-bond acceptors (Lipinski definition) is 2. The maximum atomic E-state index is 4.00. The molecule has 1 N–H and O–H groups in total. The Morgan fingerprint density at radius 2 is 2.30 bits per heavy atom. The van der Waals surface area contributed by atoms with Gasteiger partial charge in [0.05, 0.1) is 0 Å². The minimum absolute atomic E-state index is 0.464. The fourth-order valence-electron chi connectivity index (χ4n) is 1.43. The van der Waals surface area contributed by atoms with Crippen molar-refractivity contribution >= 4 is 6.21 Å². The van der Waals surface area contributed by atoms with Gasteiger partial charge in [-0.25, -0.2) is 0 Å². The molecular weight excluding hydrogens is 124 g/mol. The van der Waals surface area contributed by atoms with Crippen LogP contribution in [-0.4, -0.2) is 25.8 Å². The Morgan fingerprint density at radius 3 is 2.70 bits per heavy atom. The molecule has 0 saturated carbocycles. The first-order valence-electron chi connectivity index (χ1n) is 3.80. The van der Waals surface area contributed by atoms with E-state index < -0.39 is 0 Å². The summed E-state index contributed by atoms with van der Waals surface area (Å²) in [6.07, 6.45) is 3.21. The summed E-state index contributed by atoms with van der Waals surface area (Å²) in [7, 11) is 1.83. The number of nitrogens with one attached hydrogen (secondary N) is 1. The van der Waals surface area contributed by atoms with Gasteiger partial charge in [-0.3, -0.25) is 4.99 Å². The van der Waals surface area contributed by atoms with Gasteiger partial charge in [0.2, 0.25) is 0 Å². The van der Waals surface area contributed by atoms with Crippen LogP contribution < -0.4 is 5.32 Å². The van der Waals surface area contributed by atoms with Crippen LogP contribution in [0.1, 0.15) is 20.3 Å². The van der Waals surface area contributed by atoms with E-state index in [4.69, 9.17) is 0 Å². The van der Waals surface area contributed by atoms with Crippen LogP contribution in [0.2, 0.25) is 0 Å². The average molecular weight is 140 g/mol. The van der Waals surface area contributed by atoms with Gasteiger partial charge in [0.1, 0.15) is 0 Å². The topological polar surface area (TPSA) is 24.4 Å². The zero-order valence-electron chi connectivity index (χ0n) is 7.02. The van der Waals surface area contributed by atoms with E-state index in [1.165, 1.54) is 6.42 Å². The lowest BCUT2D eigenvalue weighted by Crippen LogP contribution is -2.22. The lowest BCUT2D eigenvalue weighted by molar-refractivity contribution is 0.410. The van der Waals surface area contributed by atoms with Crippen molar-refractivity contribution in [1.29, 1.82) is 0 Å². The van der Waals surface area contributed by atoms with Crippen molar-refractivity contribution in [2.45, 2.75) is 26.3 Å². The molecule has 0 spiro atoms. The summed E-state index contributed by atoms with van der Waals surface area (Å²) < 4.78 is 0. The quantitative estimate of drug-likeness (QED) is 0.541. The van der Waals surface area contributed by atoms with E-state index in [0.717, 1.165) is 6.54 Å². The molecule has 1 rings (SSSR count). The molecule has 10 heavy (non-hydrogen) atoms. The third-order valence-electron chi connectivity index (χ3n) is 1.94. The Balaban J connectivity index is 2.43. The van der Waals surface area contributed by atoms with Gasteiger partial charge < -0.3 is 5.32 Å². The molecule has 1 aliphatic rings. The van der Waals surface area contributed by atoms with E-state index in [0.29, 0.717) is 11.5 Å². The minimum atomic E-state index is 0.464. The largest absolute Gasteiger partial charge is 0.309 e. The molecule has 2 nitrogen and oxygen atoms in total. The van der Waals surface area contributed by atoms with Gasteiger partial charge in [-0.2, -0.15) is 0 Å². The summed E-state index contributed by atoms with van der Waals surface area (Å²) in [5.74, 6) is 0. The molecule has 0 aromatic carbocycles. The van der Waals surface area contributed by atoms with Crippen molar-refractivity contribution in [3.63, 3.8) is 0 Å². The molecule has 1 fully saturated rings. The van der Waals surface area contributed by atoms with Crippen LogP contribution in [0.15, 0.2) is 4.99 Å². The highest BCUT2D eigenvalue weighted by atomic mass is 15.0. The molecule has 0 bridgehead atoms. The summed E-state index contributed by atoms with van der Waals surface area (Å²) in [6, 6.07) is 0.514. The summed E-state index contributed by atoms with van der Waals surface area (Å²) in [5.41, 5.74) is 0.464. The van der Waals surface area contributed by atoms with E-state index >= 15 is 0 Å².